The fourth-order valence-electron chi connectivity index (χ4n) is 1.21. The van der Waals surface area contributed by atoms with Gasteiger partial charge in [0.1, 0.15) is 5.54 Å². The van der Waals surface area contributed by atoms with E-state index in [1.807, 2.05) is 13.8 Å². The molecule has 0 aromatic carbocycles. The summed E-state index contributed by atoms with van der Waals surface area (Å²) >= 11 is 4.83. The highest BCUT2D eigenvalue weighted by molar-refractivity contribution is 7.80. The van der Waals surface area contributed by atoms with Crippen molar-refractivity contribution < 1.29 is 9.59 Å². The molecule has 0 bridgehead atoms. The summed E-state index contributed by atoms with van der Waals surface area (Å²) < 4.78 is 0. The SMILES string of the molecule is CC(C)C(C(=O)NC(C)(C)C(N)=O)C(N)=S. The summed E-state index contributed by atoms with van der Waals surface area (Å²) in [5, 5.41) is 2.54. The van der Waals surface area contributed by atoms with Crippen molar-refractivity contribution in [3.8, 4) is 0 Å². The first kappa shape index (κ1) is 14.8. The lowest BCUT2D eigenvalue weighted by atomic mass is 9.93. The molecule has 0 fully saturated rings. The van der Waals surface area contributed by atoms with E-state index in [1.165, 1.54) is 13.8 Å². The van der Waals surface area contributed by atoms with Crippen molar-refractivity contribution in [3.05, 3.63) is 0 Å². The largest absolute Gasteiger partial charge is 0.393 e. The van der Waals surface area contributed by atoms with Gasteiger partial charge in [0.15, 0.2) is 0 Å². The molecule has 0 heterocycles. The van der Waals surface area contributed by atoms with Crippen LogP contribution in [0.2, 0.25) is 0 Å². The van der Waals surface area contributed by atoms with Gasteiger partial charge >= 0.3 is 0 Å². The molecule has 0 radical (unpaired) electrons. The Morgan fingerprint density at radius 2 is 1.69 bits per heavy atom. The standard InChI is InChI=1S/C10H19N3O2S/c1-5(2)6(7(11)16)8(14)13-10(3,4)9(12)15/h5-6H,1-4H3,(H2,11,16)(H2,12,15)(H,13,14). The molecule has 0 aromatic heterocycles. The Labute approximate surface area is 101 Å². The molecule has 0 aliphatic heterocycles. The Morgan fingerprint density at radius 1 is 1.25 bits per heavy atom. The minimum absolute atomic E-state index is 0.0267. The summed E-state index contributed by atoms with van der Waals surface area (Å²) in [4.78, 5) is 23.0. The number of hydrogen-bond acceptors (Lipinski definition) is 3. The molecule has 92 valence electrons. The van der Waals surface area contributed by atoms with Crippen molar-refractivity contribution in [2.75, 3.05) is 0 Å². The predicted octanol–water partition coefficient (Wildman–Crippen LogP) is -0.0752. The van der Waals surface area contributed by atoms with E-state index >= 15 is 0 Å². The van der Waals surface area contributed by atoms with E-state index in [9.17, 15) is 9.59 Å². The van der Waals surface area contributed by atoms with Crippen LogP contribution in [0, 0.1) is 11.8 Å². The highest BCUT2D eigenvalue weighted by Crippen LogP contribution is 2.13. The number of primary amides is 1. The Hall–Kier alpha value is -1.17. The normalized spacial score (nSPS) is 13.3. The number of rotatable bonds is 5. The average Bonchev–Trinajstić information content (AvgIpc) is 1.99. The zero-order valence-corrected chi connectivity index (χ0v) is 10.9. The van der Waals surface area contributed by atoms with Crippen LogP contribution in [0.3, 0.4) is 0 Å². The van der Waals surface area contributed by atoms with E-state index in [0.29, 0.717) is 0 Å². The maximum atomic E-state index is 11.9. The number of carbonyl (C=O) groups is 2. The second-order valence-electron chi connectivity index (χ2n) is 4.60. The van der Waals surface area contributed by atoms with Gasteiger partial charge in [-0.15, -0.1) is 0 Å². The van der Waals surface area contributed by atoms with Crippen LogP contribution in [0.5, 0.6) is 0 Å². The molecule has 0 saturated carbocycles. The number of carbonyl (C=O) groups excluding carboxylic acids is 2. The van der Waals surface area contributed by atoms with Gasteiger partial charge in [0, 0.05) is 0 Å². The molecular formula is C10H19N3O2S. The lowest BCUT2D eigenvalue weighted by Crippen LogP contribution is -2.56. The predicted molar refractivity (Wildman–Crippen MR) is 66.5 cm³/mol. The van der Waals surface area contributed by atoms with Gasteiger partial charge in [0.25, 0.3) is 0 Å². The number of hydrogen-bond donors (Lipinski definition) is 3. The summed E-state index contributed by atoms with van der Waals surface area (Å²) in [6, 6.07) is 0. The smallest absolute Gasteiger partial charge is 0.242 e. The van der Waals surface area contributed by atoms with Gasteiger partial charge in [-0.05, 0) is 19.8 Å². The first-order valence-corrected chi connectivity index (χ1v) is 5.41. The fraction of sp³-hybridized carbons (Fsp3) is 0.700. The van der Waals surface area contributed by atoms with E-state index in [2.05, 4.69) is 5.32 Å². The Balaban J connectivity index is 4.80. The molecule has 5 nitrogen and oxygen atoms in total. The minimum Gasteiger partial charge on any atom is -0.393 e. The molecule has 16 heavy (non-hydrogen) atoms. The molecule has 0 aromatic rings. The first-order valence-electron chi connectivity index (χ1n) is 5.01. The maximum Gasteiger partial charge on any atom is 0.242 e. The molecule has 5 N–H and O–H groups in total. The van der Waals surface area contributed by atoms with E-state index in [0.717, 1.165) is 0 Å². The first-order chi connectivity index (χ1) is 7.09. The Morgan fingerprint density at radius 3 is 1.94 bits per heavy atom. The van der Waals surface area contributed by atoms with Gasteiger partial charge in [-0.3, -0.25) is 9.59 Å². The molecule has 1 unspecified atom stereocenters. The molecular weight excluding hydrogens is 226 g/mol. The Bertz CT molecular complexity index is 313. The summed E-state index contributed by atoms with van der Waals surface area (Å²) in [7, 11) is 0. The number of thiocarbonyl (C=S) groups is 1. The highest BCUT2D eigenvalue weighted by atomic mass is 32.1. The number of nitrogens with one attached hydrogen (secondary N) is 1. The van der Waals surface area contributed by atoms with Crippen molar-refractivity contribution in [3.63, 3.8) is 0 Å². The third kappa shape index (κ3) is 3.77. The van der Waals surface area contributed by atoms with Gasteiger partial charge in [0.05, 0.1) is 10.9 Å². The van der Waals surface area contributed by atoms with Crippen LogP contribution in [-0.2, 0) is 9.59 Å². The molecule has 2 amide bonds. The molecule has 0 aliphatic rings. The molecule has 0 aliphatic carbocycles. The average molecular weight is 245 g/mol. The van der Waals surface area contributed by atoms with Crippen molar-refractivity contribution >= 4 is 29.0 Å². The quantitative estimate of drug-likeness (QED) is 0.590. The van der Waals surface area contributed by atoms with Crippen molar-refractivity contribution in [1.82, 2.24) is 5.32 Å². The third-order valence-electron chi connectivity index (χ3n) is 2.31. The summed E-state index contributed by atoms with van der Waals surface area (Å²) in [5.74, 6) is -1.59. The lowest BCUT2D eigenvalue weighted by molar-refractivity contribution is -0.132. The van der Waals surface area contributed by atoms with Crippen molar-refractivity contribution in [1.29, 1.82) is 0 Å². The van der Waals surface area contributed by atoms with Crippen LogP contribution in [0.25, 0.3) is 0 Å². The van der Waals surface area contributed by atoms with Gasteiger partial charge in [0.2, 0.25) is 11.8 Å². The topological polar surface area (TPSA) is 98.2 Å². The van der Waals surface area contributed by atoms with Crippen LogP contribution in [-0.4, -0.2) is 22.3 Å². The maximum absolute atomic E-state index is 11.9. The molecule has 0 rings (SSSR count). The minimum atomic E-state index is -1.10. The van der Waals surface area contributed by atoms with Crippen LogP contribution >= 0.6 is 12.2 Å². The van der Waals surface area contributed by atoms with E-state index in [4.69, 9.17) is 23.7 Å². The summed E-state index contributed by atoms with van der Waals surface area (Å²) in [6.07, 6.45) is 0. The van der Waals surface area contributed by atoms with Gasteiger partial charge < -0.3 is 16.8 Å². The lowest BCUT2D eigenvalue weighted by Gasteiger charge is -2.26. The van der Waals surface area contributed by atoms with Crippen LogP contribution < -0.4 is 16.8 Å². The second kappa shape index (κ2) is 5.25. The third-order valence-corrected chi connectivity index (χ3v) is 2.56. The van der Waals surface area contributed by atoms with Gasteiger partial charge in [-0.25, -0.2) is 0 Å². The van der Waals surface area contributed by atoms with Crippen molar-refractivity contribution in [2.45, 2.75) is 33.2 Å². The summed E-state index contributed by atoms with van der Waals surface area (Å²) in [6.45, 7) is 6.73. The number of nitrogens with two attached hydrogens (primary N) is 2. The van der Waals surface area contributed by atoms with Crippen LogP contribution in [0.4, 0.5) is 0 Å². The van der Waals surface area contributed by atoms with Crippen LogP contribution in [0.15, 0.2) is 0 Å². The van der Waals surface area contributed by atoms with Gasteiger partial charge in [-0.1, -0.05) is 26.1 Å². The highest BCUT2D eigenvalue weighted by Gasteiger charge is 2.32. The Kier molecular flexibility index (Phi) is 4.86. The van der Waals surface area contributed by atoms with E-state index in [-0.39, 0.29) is 16.8 Å². The summed E-state index contributed by atoms with van der Waals surface area (Å²) in [5.41, 5.74) is 9.54. The van der Waals surface area contributed by atoms with Crippen molar-refractivity contribution in [2.24, 2.45) is 23.3 Å². The van der Waals surface area contributed by atoms with Crippen LogP contribution in [0.1, 0.15) is 27.7 Å². The van der Waals surface area contributed by atoms with Gasteiger partial charge in [-0.2, -0.15) is 0 Å². The zero-order chi connectivity index (χ0) is 13.1. The van der Waals surface area contributed by atoms with E-state index < -0.39 is 17.4 Å². The number of amides is 2. The molecule has 0 spiro atoms. The fourth-order valence-corrected chi connectivity index (χ4v) is 1.59. The zero-order valence-electron chi connectivity index (χ0n) is 10.0. The molecule has 6 heteroatoms. The second-order valence-corrected chi connectivity index (χ2v) is 5.07. The molecule has 0 saturated heterocycles. The molecule has 1 atom stereocenters. The van der Waals surface area contributed by atoms with E-state index in [1.54, 1.807) is 0 Å². The monoisotopic (exact) mass is 245 g/mol.